The molecule has 0 fully saturated rings. The summed E-state index contributed by atoms with van der Waals surface area (Å²) in [6, 6.07) is 0. The van der Waals surface area contributed by atoms with Crippen LogP contribution in [0.25, 0.3) is 0 Å². The number of ether oxygens (including phenoxy) is 4. The van der Waals surface area contributed by atoms with Crippen molar-refractivity contribution < 1.29 is 38.1 Å². The molecule has 0 aliphatic carbocycles. The minimum Gasteiger partial charge on any atom is -0.462 e. The zero-order valence-corrected chi connectivity index (χ0v) is 44.6. The summed E-state index contributed by atoms with van der Waals surface area (Å²) in [6.45, 7) is 15.3. The predicted molar refractivity (Wildman–Crippen MR) is 276 cm³/mol. The summed E-state index contributed by atoms with van der Waals surface area (Å²) in [5.41, 5.74) is 0. The van der Waals surface area contributed by atoms with Crippen LogP contribution in [0.3, 0.4) is 0 Å². The van der Waals surface area contributed by atoms with E-state index in [0.29, 0.717) is 45.1 Å². The minimum absolute atomic E-state index is 0.0408. The maximum absolute atomic E-state index is 12.9. The Morgan fingerprint density at radius 2 is 0.576 bits per heavy atom. The highest BCUT2D eigenvalue weighted by Crippen LogP contribution is 2.20. The Labute approximate surface area is 408 Å². The number of hydrogen-bond acceptors (Lipinski definition) is 9. The molecule has 0 bridgehead atoms. The second kappa shape index (κ2) is 49.3. The summed E-state index contributed by atoms with van der Waals surface area (Å²) in [5, 5.41) is 0. The van der Waals surface area contributed by atoms with Crippen molar-refractivity contribution in [2.75, 3.05) is 26.2 Å². The molecule has 0 radical (unpaired) electrons. The molecule has 0 heterocycles. The molecule has 1 atom stereocenters. The lowest BCUT2D eigenvalue weighted by Gasteiger charge is -2.25. The molecule has 0 aliphatic rings. The fourth-order valence-corrected chi connectivity index (χ4v) is 8.80. The number of carbonyl (C=O) groups is 4. The van der Waals surface area contributed by atoms with E-state index in [2.05, 4.69) is 46.4 Å². The van der Waals surface area contributed by atoms with Crippen LogP contribution >= 0.6 is 0 Å². The number of nitrogens with zero attached hydrogens (tertiary/aromatic N) is 1. The molecule has 0 aromatic carbocycles. The monoisotopic (exact) mass is 936 g/mol. The maximum Gasteiger partial charge on any atom is 0.306 e. The van der Waals surface area contributed by atoms with Gasteiger partial charge in [-0.25, -0.2) is 0 Å². The zero-order chi connectivity index (χ0) is 48.6. The quantitative estimate of drug-likeness (QED) is 0.0335. The van der Waals surface area contributed by atoms with Gasteiger partial charge in [-0.1, -0.05) is 196 Å². The topological polar surface area (TPSA) is 108 Å². The average Bonchev–Trinajstić information content (AvgIpc) is 3.31. The number of unbranched alkanes of at least 4 members (excludes halogenated alkanes) is 26. The minimum atomic E-state index is -0.520. The Bertz CT molecular complexity index is 1060. The zero-order valence-electron chi connectivity index (χ0n) is 44.6. The highest BCUT2D eigenvalue weighted by molar-refractivity contribution is 5.71. The Hall–Kier alpha value is -2.16. The van der Waals surface area contributed by atoms with Crippen LogP contribution in [-0.2, 0) is 38.1 Å². The summed E-state index contributed by atoms with van der Waals surface area (Å²) in [6.07, 6.45) is 41.2. The molecule has 1 unspecified atom stereocenters. The molecule has 0 N–H and O–H groups in total. The Balaban J connectivity index is 4.56. The van der Waals surface area contributed by atoms with E-state index in [0.717, 1.165) is 103 Å². The van der Waals surface area contributed by atoms with Crippen LogP contribution in [0.15, 0.2) is 0 Å². The Kier molecular flexibility index (Phi) is 47.7. The maximum atomic E-state index is 12.9. The Morgan fingerprint density at radius 3 is 0.879 bits per heavy atom. The molecular weight excluding hydrogens is 827 g/mol. The molecule has 0 aromatic heterocycles. The van der Waals surface area contributed by atoms with Crippen molar-refractivity contribution in [1.29, 1.82) is 0 Å². The lowest BCUT2D eigenvalue weighted by Crippen LogP contribution is -2.38. The van der Waals surface area contributed by atoms with E-state index < -0.39 is 6.10 Å². The van der Waals surface area contributed by atoms with Gasteiger partial charge in [0, 0.05) is 32.2 Å². The first kappa shape index (κ1) is 63.8. The highest BCUT2D eigenvalue weighted by atomic mass is 16.6. The lowest BCUT2D eigenvalue weighted by molar-refractivity contribution is -0.160. The number of carbonyl (C=O) groups excluding carboxylic acids is 4. The number of likely N-dealkylation sites (N-methyl/N-ethyl adjacent to an activating group) is 1. The van der Waals surface area contributed by atoms with E-state index in [9.17, 15) is 19.2 Å². The van der Waals surface area contributed by atoms with Crippen LogP contribution in [0.4, 0.5) is 0 Å². The highest BCUT2D eigenvalue weighted by Gasteiger charge is 2.20. The molecule has 0 saturated carbocycles. The number of esters is 4. The van der Waals surface area contributed by atoms with E-state index in [1.165, 1.54) is 128 Å². The lowest BCUT2D eigenvalue weighted by atomic mass is 10.0. The molecule has 0 aliphatic heterocycles. The summed E-state index contributed by atoms with van der Waals surface area (Å²) in [4.78, 5) is 53.4. The van der Waals surface area contributed by atoms with Crippen molar-refractivity contribution >= 4 is 23.9 Å². The molecule has 9 nitrogen and oxygen atoms in total. The molecule has 0 rings (SSSR count). The first-order valence-corrected chi connectivity index (χ1v) is 28.7. The van der Waals surface area contributed by atoms with Gasteiger partial charge in [0.1, 0.15) is 24.9 Å². The molecule has 0 amide bonds. The van der Waals surface area contributed by atoms with Gasteiger partial charge in [-0.2, -0.15) is 0 Å². The van der Waals surface area contributed by atoms with E-state index in [4.69, 9.17) is 18.9 Å². The van der Waals surface area contributed by atoms with Crippen molar-refractivity contribution in [3.63, 3.8) is 0 Å². The smallest absolute Gasteiger partial charge is 0.306 e. The van der Waals surface area contributed by atoms with Crippen LogP contribution in [0.1, 0.15) is 298 Å². The van der Waals surface area contributed by atoms with Gasteiger partial charge < -0.3 is 23.8 Å². The largest absolute Gasteiger partial charge is 0.462 e. The number of hydrogen-bond donors (Lipinski definition) is 0. The van der Waals surface area contributed by atoms with Gasteiger partial charge in [0.05, 0.1) is 0 Å². The van der Waals surface area contributed by atoms with Gasteiger partial charge in [-0.05, 0) is 90.1 Å². The summed E-state index contributed by atoms with van der Waals surface area (Å²) in [5.74, 6) is -0.715. The molecule has 9 heteroatoms. The van der Waals surface area contributed by atoms with Crippen LogP contribution in [-0.4, -0.2) is 73.3 Å². The van der Waals surface area contributed by atoms with Crippen LogP contribution < -0.4 is 0 Å². The second-order valence-corrected chi connectivity index (χ2v) is 19.6. The van der Waals surface area contributed by atoms with Crippen molar-refractivity contribution in [3.05, 3.63) is 0 Å². The van der Waals surface area contributed by atoms with Gasteiger partial charge in [-0.15, -0.1) is 0 Å². The van der Waals surface area contributed by atoms with Crippen molar-refractivity contribution in [2.45, 2.75) is 317 Å². The molecule has 0 spiro atoms. The van der Waals surface area contributed by atoms with E-state index in [1.807, 2.05) is 0 Å². The predicted octanol–water partition coefficient (Wildman–Crippen LogP) is 16.3. The molecule has 390 valence electrons. The number of rotatable bonds is 51. The SMILES string of the molecule is CCCCCCCCC(CCCCCCCC)OC(=O)CCCCCCC(=O)OCC(CN(CC)CC)OC(=O)CCCCCCC(=O)OC(CCCCCCCC)CCCCCCCC. The van der Waals surface area contributed by atoms with Gasteiger partial charge in [0.25, 0.3) is 0 Å². The van der Waals surface area contributed by atoms with Gasteiger partial charge in [-0.3, -0.25) is 19.2 Å². The fourth-order valence-electron chi connectivity index (χ4n) is 8.80. The van der Waals surface area contributed by atoms with Crippen molar-refractivity contribution in [2.24, 2.45) is 0 Å². The van der Waals surface area contributed by atoms with E-state index >= 15 is 0 Å². The third-order valence-electron chi connectivity index (χ3n) is 13.2. The summed E-state index contributed by atoms with van der Waals surface area (Å²) >= 11 is 0. The van der Waals surface area contributed by atoms with Crippen LogP contribution in [0, 0.1) is 0 Å². The van der Waals surface area contributed by atoms with Crippen LogP contribution in [0.5, 0.6) is 0 Å². The summed E-state index contributed by atoms with van der Waals surface area (Å²) in [7, 11) is 0. The van der Waals surface area contributed by atoms with Gasteiger partial charge in [0.15, 0.2) is 0 Å². The average molecular weight is 936 g/mol. The van der Waals surface area contributed by atoms with Gasteiger partial charge in [0.2, 0.25) is 0 Å². The normalized spacial score (nSPS) is 12.0. The molecule has 0 aromatic rings. The Morgan fingerprint density at radius 1 is 0.318 bits per heavy atom. The first-order valence-electron chi connectivity index (χ1n) is 28.7. The summed E-state index contributed by atoms with van der Waals surface area (Å²) < 4.78 is 23.5. The third kappa shape index (κ3) is 43.1. The molecule has 0 saturated heterocycles. The molecule has 66 heavy (non-hydrogen) atoms. The molecular formula is C57H109NO8. The second-order valence-electron chi connectivity index (χ2n) is 19.6. The van der Waals surface area contributed by atoms with Crippen LogP contribution in [0.2, 0.25) is 0 Å². The van der Waals surface area contributed by atoms with E-state index in [-0.39, 0.29) is 42.7 Å². The van der Waals surface area contributed by atoms with E-state index in [1.54, 1.807) is 0 Å². The van der Waals surface area contributed by atoms with Crippen molar-refractivity contribution in [3.8, 4) is 0 Å². The fraction of sp³-hybridized carbons (Fsp3) is 0.930. The van der Waals surface area contributed by atoms with Crippen molar-refractivity contribution in [1.82, 2.24) is 4.90 Å². The standard InChI is InChI=1S/C57H109NO8/c1-7-13-17-21-25-33-41-51(42-34-26-22-18-14-8-2)64-55(60)46-38-30-29-37-45-54(59)63-50-53(49-58(11-5)12-6)66-57(62)48-40-32-31-39-47-56(61)65-52(43-35-27-23-19-15-9-3)44-36-28-24-20-16-10-4/h51-53H,7-50H2,1-6H3. The third-order valence-corrected chi connectivity index (χ3v) is 13.2. The van der Waals surface area contributed by atoms with Gasteiger partial charge >= 0.3 is 23.9 Å². The first-order chi connectivity index (χ1) is 32.2.